The molecule has 60 valence electrons. The molecular formula is C9H7NO2. The fourth-order valence-corrected chi connectivity index (χ4v) is 1.07. The first kappa shape index (κ1) is 6.91. The van der Waals surface area contributed by atoms with Crippen molar-refractivity contribution in [2.75, 3.05) is 5.73 Å². The molecule has 2 aliphatic rings. The molecule has 0 saturated heterocycles. The van der Waals surface area contributed by atoms with Gasteiger partial charge in [0.05, 0.1) is 0 Å². The summed E-state index contributed by atoms with van der Waals surface area (Å²) in [6, 6.07) is 8.10. The van der Waals surface area contributed by atoms with E-state index in [1.54, 1.807) is 12.1 Å². The highest BCUT2D eigenvalue weighted by molar-refractivity contribution is 5.59. The summed E-state index contributed by atoms with van der Waals surface area (Å²) in [7, 11) is 0. The zero-order valence-corrected chi connectivity index (χ0v) is 6.28. The molecule has 1 aliphatic carbocycles. The predicted octanol–water partition coefficient (Wildman–Crippen LogP) is 1.33. The fraction of sp³-hybridized carbons (Fsp3) is 0. The third-order valence-electron chi connectivity index (χ3n) is 1.64. The van der Waals surface area contributed by atoms with Gasteiger partial charge in [0.25, 0.3) is 0 Å². The van der Waals surface area contributed by atoms with E-state index in [1.165, 1.54) is 12.1 Å². The monoisotopic (exact) mass is 161 g/mol. The molecular weight excluding hydrogens is 154 g/mol. The number of fused-ring (bicyclic) bond motifs is 1. The normalized spacial score (nSPS) is 10.3. The highest BCUT2D eigenvalue weighted by Crippen LogP contribution is 2.21. The van der Waals surface area contributed by atoms with Crippen LogP contribution in [0.3, 0.4) is 0 Å². The molecule has 2 N–H and O–H groups in total. The maximum Gasteiger partial charge on any atom is 0.190 e. The van der Waals surface area contributed by atoms with E-state index in [2.05, 4.69) is 0 Å². The van der Waals surface area contributed by atoms with Crippen molar-refractivity contribution in [3.05, 3.63) is 40.6 Å². The highest BCUT2D eigenvalue weighted by atomic mass is 16.3. The number of hydrogen-bond donors (Lipinski definition) is 1. The molecule has 3 heteroatoms. The molecule has 12 heavy (non-hydrogen) atoms. The second-order valence-electron chi connectivity index (χ2n) is 2.54. The molecule has 3 nitrogen and oxygen atoms in total. The van der Waals surface area contributed by atoms with Gasteiger partial charge < -0.3 is 10.2 Å². The van der Waals surface area contributed by atoms with Crippen LogP contribution >= 0.6 is 0 Å². The van der Waals surface area contributed by atoms with Crippen LogP contribution in [0, 0.1) is 0 Å². The number of nitrogen functional groups attached to an aromatic ring is 1. The number of nitrogens with two attached hydrogens (primary N) is 1. The van der Waals surface area contributed by atoms with Gasteiger partial charge in [0.1, 0.15) is 5.76 Å². The lowest BCUT2D eigenvalue weighted by molar-refractivity contribution is 0.586. The van der Waals surface area contributed by atoms with Crippen molar-refractivity contribution in [2.45, 2.75) is 0 Å². The summed E-state index contributed by atoms with van der Waals surface area (Å²) in [6.45, 7) is 0. The second-order valence-corrected chi connectivity index (χ2v) is 2.54. The van der Waals surface area contributed by atoms with Crippen molar-refractivity contribution in [3.63, 3.8) is 0 Å². The van der Waals surface area contributed by atoms with E-state index in [0.29, 0.717) is 11.6 Å². The van der Waals surface area contributed by atoms with Crippen LogP contribution in [-0.2, 0) is 0 Å². The number of benzene rings is 1. The van der Waals surface area contributed by atoms with Gasteiger partial charge in [0.2, 0.25) is 0 Å². The first-order valence-electron chi connectivity index (χ1n) is 3.55. The molecule has 0 aromatic heterocycles. The zero-order valence-electron chi connectivity index (χ0n) is 6.28. The van der Waals surface area contributed by atoms with E-state index in [-0.39, 0.29) is 5.43 Å². The summed E-state index contributed by atoms with van der Waals surface area (Å²) in [5, 5.41) is 0. The van der Waals surface area contributed by atoms with Crippen LogP contribution in [0.5, 0.6) is 0 Å². The Balaban J connectivity index is 2.81. The van der Waals surface area contributed by atoms with Crippen molar-refractivity contribution in [1.29, 1.82) is 0 Å². The molecule has 0 spiro atoms. The van der Waals surface area contributed by atoms with Gasteiger partial charge in [-0.05, 0) is 24.3 Å². The topological polar surface area (TPSA) is 56.2 Å². The molecule has 0 radical (unpaired) electrons. The van der Waals surface area contributed by atoms with Gasteiger partial charge in [-0.2, -0.15) is 0 Å². The van der Waals surface area contributed by atoms with Gasteiger partial charge in [-0.3, -0.25) is 4.79 Å². The molecule has 2 rings (SSSR count). The Morgan fingerprint density at radius 1 is 1.17 bits per heavy atom. The lowest BCUT2D eigenvalue weighted by Gasteiger charge is -2.02. The van der Waals surface area contributed by atoms with Gasteiger partial charge in [-0.25, -0.2) is 0 Å². The van der Waals surface area contributed by atoms with Gasteiger partial charge in [-0.15, -0.1) is 0 Å². The SMILES string of the molecule is Nc1ccc2ccc(=O)cc-2o1. The van der Waals surface area contributed by atoms with E-state index < -0.39 is 0 Å². The Kier molecular flexibility index (Phi) is 1.37. The average Bonchev–Trinajstić information content (AvgIpc) is 2.03. The first-order valence-corrected chi connectivity index (χ1v) is 3.55. The summed E-state index contributed by atoms with van der Waals surface area (Å²) in [4.78, 5) is 10.9. The van der Waals surface area contributed by atoms with Crippen LogP contribution in [0.1, 0.15) is 0 Å². The van der Waals surface area contributed by atoms with Crippen molar-refractivity contribution >= 4 is 5.88 Å². The smallest absolute Gasteiger partial charge is 0.190 e. The van der Waals surface area contributed by atoms with Crippen LogP contribution in [0.4, 0.5) is 5.88 Å². The first-order chi connectivity index (χ1) is 5.75. The third-order valence-corrected chi connectivity index (χ3v) is 1.64. The van der Waals surface area contributed by atoms with Crippen LogP contribution in [-0.4, -0.2) is 0 Å². The number of anilines is 1. The molecule has 0 aromatic rings. The molecule has 0 bridgehead atoms. The van der Waals surface area contributed by atoms with Crippen LogP contribution < -0.4 is 11.2 Å². The van der Waals surface area contributed by atoms with Gasteiger partial charge in [0, 0.05) is 11.6 Å². The van der Waals surface area contributed by atoms with Crippen molar-refractivity contribution in [1.82, 2.24) is 0 Å². The van der Waals surface area contributed by atoms with E-state index in [1.807, 2.05) is 6.07 Å². The summed E-state index contributed by atoms with van der Waals surface area (Å²) >= 11 is 0. The summed E-state index contributed by atoms with van der Waals surface area (Å²) < 4.78 is 5.12. The minimum absolute atomic E-state index is 0.0724. The Hall–Kier alpha value is -1.77. The Labute approximate surface area is 68.8 Å². The molecule has 0 saturated carbocycles. The average molecular weight is 161 g/mol. The minimum atomic E-state index is -0.0724. The lowest BCUT2D eigenvalue weighted by Crippen LogP contribution is -1.98. The van der Waals surface area contributed by atoms with Gasteiger partial charge in [-0.1, -0.05) is 0 Å². The Morgan fingerprint density at radius 3 is 2.75 bits per heavy atom. The second kappa shape index (κ2) is 2.37. The zero-order chi connectivity index (χ0) is 8.55. The van der Waals surface area contributed by atoms with Crippen molar-refractivity contribution < 1.29 is 4.42 Å². The summed E-state index contributed by atoms with van der Waals surface area (Å²) in [6.07, 6.45) is 0. The Morgan fingerprint density at radius 2 is 1.92 bits per heavy atom. The quantitative estimate of drug-likeness (QED) is 0.634. The van der Waals surface area contributed by atoms with Gasteiger partial charge >= 0.3 is 0 Å². The standard InChI is InChI=1S/C9H7NO2/c10-9-4-2-6-1-3-7(11)5-8(6)12-9/h1-5H,10H2. The molecule has 1 aliphatic heterocycles. The van der Waals surface area contributed by atoms with E-state index in [0.717, 1.165) is 5.56 Å². The predicted molar refractivity (Wildman–Crippen MR) is 46.0 cm³/mol. The van der Waals surface area contributed by atoms with E-state index in [4.69, 9.17) is 10.2 Å². The lowest BCUT2D eigenvalue weighted by atomic mass is 10.1. The minimum Gasteiger partial charge on any atom is -0.441 e. The van der Waals surface area contributed by atoms with Crippen molar-refractivity contribution in [3.8, 4) is 11.3 Å². The van der Waals surface area contributed by atoms with Crippen LogP contribution in [0.15, 0.2) is 39.5 Å². The number of rotatable bonds is 0. The molecule has 0 unspecified atom stereocenters. The fourth-order valence-electron chi connectivity index (χ4n) is 1.07. The molecule has 0 aromatic carbocycles. The highest BCUT2D eigenvalue weighted by Gasteiger charge is 2.03. The van der Waals surface area contributed by atoms with Gasteiger partial charge in [0.15, 0.2) is 11.3 Å². The van der Waals surface area contributed by atoms with Crippen molar-refractivity contribution in [2.24, 2.45) is 0 Å². The van der Waals surface area contributed by atoms with Crippen LogP contribution in [0.25, 0.3) is 11.3 Å². The molecule has 0 atom stereocenters. The Bertz CT molecular complexity index is 433. The summed E-state index contributed by atoms with van der Waals surface area (Å²) in [5.74, 6) is 0.843. The van der Waals surface area contributed by atoms with E-state index in [9.17, 15) is 4.79 Å². The van der Waals surface area contributed by atoms with Crippen LogP contribution in [0.2, 0.25) is 0 Å². The third kappa shape index (κ3) is 1.05. The molecule has 1 heterocycles. The maximum absolute atomic E-state index is 10.9. The summed E-state index contributed by atoms with van der Waals surface area (Å²) in [5.41, 5.74) is 6.21. The van der Waals surface area contributed by atoms with E-state index >= 15 is 0 Å². The number of hydrogen-bond acceptors (Lipinski definition) is 3. The largest absolute Gasteiger partial charge is 0.441 e. The maximum atomic E-state index is 10.9. The molecule has 0 amide bonds. The molecule has 0 fully saturated rings.